The molecule has 0 saturated heterocycles. The van der Waals surface area contributed by atoms with Crippen molar-refractivity contribution >= 4 is 11.6 Å². The molecule has 0 aliphatic carbocycles. The lowest BCUT2D eigenvalue weighted by molar-refractivity contribution is 0.102. The molecule has 0 heterocycles. The molecule has 104 valence electrons. The Balaban J connectivity index is 2.06. The van der Waals surface area contributed by atoms with Gasteiger partial charge in [0, 0.05) is 17.9 Å². The van der Waals surface area contributed by atoms with Crippen LogP contribution in [-0.4, -0.2) is 24.7 Å². The second-order valence-corrected chi connectivity index (χ2v) is 4.36. The zero-order valence-corrected chi connectivity index (χ0v) is 11.3. The van der Waals surface area contributed by atoms with Gasteiger partial charge in [0.2, 0.25) is 0 Å². The summed E-state index contributed by atoms with van der Waals surface area (Å²) in [4.78, 5) is 12.1. The zero-order chi connectivity index (χ0) is 14.4. The molecule has 0 aliphatic rings. The number of carbonyl (C=O) groups is 1. The van der Waals surface area contributed by atoms with Gasteiger partial charge in [0.1, 0.15) is 5.75 Å². The maximum Gasteiger partial charge on any atom is 0.255 e. The lowest BCUT2D eigenvalue weighted by Gasteiger charge is -2.07. The third kappa shape index (κ3) is 3.59. The largest absolute Gasteiger partial charge is 0.497 e. The summed E-state index contributed by atoms with van der Waals surface area (Å²) in [5.41, 5.74) is 2.30. The van der Waals surface area contributed by atoms with Crippen LogP contribution in [0.1, 0.15) is 15.9 Å². The van der Waals surface area contributed by atoms with Crippen molar-refractivity contribution in [3.05, 3.63) is 59.7 Å². The minimum Gasteiger partial charge on any atom is -0.497 e. The van der Waals surface area contributed by atoms with Crippen LogP contribution in [0.3, 0.4) is 0 Å². The van der Waals surface area contributed by atoms with Gasteiger partial charge >= 0.3 is 0 Å². The van der Waals surface area contributed by atoms with Crippen molar-refractivity contribution in [1.29, 1.82) is 0 Å². The van der Waals surface area contributed by atoms with Crippen LogP contribution in [-0.2, 0) is 6.42 Å². The highest BCUT2D eigenvalue weighted by Crippen LogP contribution is 2.15. The lowest BCUT2D eigenvalue weighted by Crippen LogP contribution is -2.11. The number of carbonyl (C=O) groups excluding carboxylic acids is 1. The number of nitrogens with one attached hydrogen (secondary N) is 1. The first kappa shape index (κ1) is 14.1. The number of anilines is 1. The average Bonchev–Trinajstić information content (AvgIpc) is 2.49. The number of hydrogen-bond donors (Lipinski definition) is 2. The number of rotatable bonds is 5. The number of methoxy groups -OCH3 is 1. The molecule has 0 saturated carbocycles. The van der Waals surface area contributed by atoms with Crippen molar-refractivity contribution in [1.82, 2.24) is 0 Å². The van der Waals surface area contributed by atoms with Gasteiger partial charge in [0.15, 0.2) is 0 Å². The Morgan fingerprint density at radius 2 is 1.95 bits per heavy atom. The fourth-order valence-electron chi connectivity index (χ4n) is 1.85. The van der Waals surface area contributed by atoms with E-state index < -0.39 is 0 Å². The van der Waals surface area contributed by atoms with Crippen molar-refractivity contribution in [3.8, 4) is 5.75 Å². The van der Waals surface area contributed by atoms with Crippen LogP contribution >= 0.6 is 0 Å². The van der Waals surface area contributed by atoms with Crippen LogP contribution < -0.4 is 10.1 Å². The molecular formula is C16H17NO3. The molecular weight excluding hydrogens is 254 g/mol. The number of amides is 1. The molecule has 2 aromatic carbocycles. The van der Waals surface area contributed by atoms with Crippen LogP contribution in [0.5, 0.6) is 5.75 Å². The van der Waals surface area contributed by atoms with E-state index in [-0.39, 0.29) is 12.5 Å². The standard InChI is InChI=1S/C16H17NO3/c1-20-15-4-2-3-13(11-15)16(19)17-14-7-5-12(6-8-14)9-10-18/h2-8,11,18H,9-10H2,1H3,(H,17,19). The van der Waals surface area contributed by atoms with E-state index in [2.05, 4.69) is 5.32 Å². The second-order valence-electron chi connectivity index (χ2n) is 4.36. The first-order valence-corrected chi connectivity index (χ1v) is 6.38. The van der Waals surface area contributed by atoms with E-state index in [1.165, 1.54) is 0 Å². The van der Waals surface area contributed by atoms with Crippen molar-refractivity contribution in [3.63, 3.8) is 0 Å². The predicted molar refractivity (Wildman–Crippen MR) is 78.2 cm³/mol. The lowest BCUT2D eigenvalue weighted by atomic mass is 10.1. The van der Waals surface area contributed by atoms with E-state index in [0.717, 1.165) is 11.3 Å². The van der Waals surface area contributed by atoms with Crippen molar-refractivity contribution in [2.45, 2.75) is 6.42 Å². The highest BCUT2D eigenvalue weighted by molar-refractivity contribution is 6.04. The summed E-state index contributed by atoms with van der Waals surface area (Å²) in [7, 11) is 1.57. The highest BCUT2D eigenvalue weighted by Gasteiger charge is 2.07. The molecule has 2 aromatic rings. The fraction of sp³-hybridized carbons (Fsp3) is 0.188. The first-order chi connectivity index (χ1) is 9.72. The molecule has 2 N–H and O–H groups in total. The van der Waals surface area contributed by atoms with Crippen LogP contribution in [0.4, 0.5) is 5.69 Å². The first-order valence-electron chi connectivity index (χ1n) is 6.38. The SMILES string of the molecule is COc1cccc(C(=O)Nc2ccc(CCO)cc2)c1. The van der Waals surface area contributed by atoms with Crippen molar-refractivity contribution in [2.75, 3.05) is 19.0 Å². The Morgan fingerprint density at radius 3 is 2.60 bits per heavy atom. The Bertz CT molecular complexity index is 579. The summed E-state index contributed by atoms with van der Waals surface area (Å²) in [6.07, 6.45) is 0.615. The predicted octanol–water partition coefficient (Wildman–Crippen LogP) is 2.48. The van der Waals surface area contributed by atoms with Gasteiger partial charge in [0.05, 0.1) is 7.11 Å². The normalized spacial score (nSPS) is 10.1. The van der Waals surface area contributed by atoms with E-state index in [4.69, 9.17) is 9.84 Å². The molecule has 0 spiro atoms. The van der Waals surface area contributed by atoms with Crippen molar-refractivity contribution in [2.24, 2.45) is 0 Å². The maximum absolute atomic E-state index is 12.1. The van der Waals surface area contributed by atoms with E-state index in [1.807, 2.05) is 24.3 Å². The quantitative estimate of drug-likeness (QED) is 0.878. The molecule has 0 radical (unpaired) electrons. The smallest absolute Gasteiger partial charge is 0.255 e. The van der Waals surface area contributed by atoms with Gasteiger partial charge in [-0.2, -0.15) is 0 Å². The van der Waals surface area contributed by atoms with Gasteiger partial charge in [-0.15, -0.1) is 0 Å². The molecule has 2 rings (SSSR count). The molecule has 0 aromatic heterocycles. The van der Waals surface area contributed by atoms with Crippen LogP contribution in [0, 0.1) is 0 Å². The summed E-state index contributed by atoms with van der Waals surface area (Å²) in [5, 5.41) is 11.7. The number of benzene rings is 2. The second kappa shape index (κ2) is 6.73. The van der Waals surface area contributed by atoms with E-state index in [9.17, 15) is 4.79 Å². The minimum absolute atomic E-state index is 0.121. The molecule has 1 amide bonds. The molecule has 0 unspecified atom stereocenters. The summed E-state index contributed by atoms with van der Waals surface area (Å²) in [6, 6.07) is 14.4. The third-order valence-electron chi connectivity index (χ3n) is 2.94. The topological polar surface area (TPSA) is 58.6 Å². The third-order valence-corrected chi connectivity index (χ3v) is 2.94. The minimum atomic E-state index is -0.182. The van der Waals surface area contributed by atoms with Crippen LogP contribution in [0.15, 0.2) is 48.5 Å². The highest BCUT2D eigenvalue weighted by atomic mass is 16.5. The van der Waals surface area contributed by atoms with Gasteiger partial charge in [0.25, 0.3) is 5.91 Å². The van der Waals surface area contributed by atoms with Crippen molar-refractivity contribution < 1.29 is 14.6 Å². The molecule has 0 bridgehead atoms. The Labute approximate surface area is 118 Å². The van der Waals surface area contributed by atoms with Crippen LogP contribution in [0.2, 0.25) is 0 Å². The Morgan fingerprint density at radius 1 is 1.20 bits per heavy atom. The Hall–Kier alpha value is -2.33. The number of aliphatic hydroxyl groups is 1. The summed E-state index contributed by atoms with van der Waals surface area (Å²) < 4.78 is 5.09. The van der Waals surface area contributed by atoms with E-state index in [0.29, 0.717) is 17.7 Å². The van der Waals surface area contributed by atoms with Gasteiger partial charge in [-0.3, -0.25) is 4.79 Å². The molecule has 0 atom stereocenters. The molecule has 0 fully saturated rings. The number of aliphatic hydroxyl groups excluding tert-OH is 1. The monoisotopic (exact) mass is 271 g/mol. The van der Waals surface area contributed by atoms with E-state index >= 15 is 0 Å². The summed E-state index contributed by atoms with van der Waals surface area (Å²) in [5.74, 6) is 0.467. The summed E-state index contributed by atoms with van der Waals surface area (Å²) >= 11 is 0. The van der Waals surface area contributed by atoms with Crippen LogP contribution in [0.25, 0.3) is 0 Å². The van der Waals surface area contributed by atoms with Gasteiger partial charge < -0.3 is 15.2 Å². The zero-order valence-electron chi connectivity index (χ0n) is 11.3. The number of ether oxygens (including phenoxy) is 1. The maximum atomic E-state index is 12.1. The average molecular weight is 271 g/mol. The summed E-state index contributed by atoms with van der Waals surface area (Å²) in [6.45, 7) is 0.121. The van der Waals surface area contributed by atoms with Gasteiger partial charge in [-0.05, 0) is 42.3 Å². The molecule has 0 aliphatic heterocycles. The molecule has 4 nitrogen and oxygen atoms in total. The molecule has 4 heteroatoms. The Kier molecular flexibility index (Phi) is 4.74. The number of hydrogen-bond acceptors (Lipinski definition) is 3. The van der Waals surface area contributed by atoms with E-state index in [1.54, 1.807) is 31.4 Å². The van der Waals surface area contributed by atoms with Gasteiger partial charge in [-0.25, -0.2) is 0 Å². The molecule has 20 heavy (non-hydrogen) atoms. The fourth-order valence-corrected chi connectivity index (χ4v) is 1.85. The van der Waals surface area contributed by atoms with Gasteiger partial charge in [-0.1, -0.05) is 18.2 Å².